The van der Waals surface area contributed by atoms with Crippen LogP contribution in [0.3, 0.4) is 0 Å². The zero-order chi connectivity index (χ0) is 26.7. The van der Waals surface area contributed by atoms with Crippen molar-refractivity contribution in [3.05, 3.63) is 48.2 Å². The molecular weight excluding hydrogens is 494 g/mol. The van der Waals surface area contributed by atoms with Crippen LogP contribution in [0.5, 0.6) is 0 Å². The number of halogens is 6. The number of anilines is 1. The maximum Gasteiger partial charge on any atom is 0.419 e. The molecule has 0 spiro atoms. The van der Waals surface area contributed by atoms with Crippen LogP contribution in [0.1, 0.15) is 24.7 Å². The van der Waals surface area contributed by atoms with Crippen LogP contribution in [0.2, 0.25) is 0 Å². The van der Waals surface area contributed by atoms with Crippen LogP contribution in [-0.4, -0.2) is 68.6 Å². The highest BCUT2D eigenvalue weighted by Crippen LogP contribution is 2.35. The van der Waals surface area contributed by atoms with Gasteiger partial charge in [-0.3, -0.25) is 10.2 Å². The lowest BCUT2D eigenvalue weighted by atomic mass is 9.87. The Balaban J connectivity index is 1.84. The van der Waals surface area contributed by atoms with E-state index >= 15 is 0 Å². The monoisotopic (exact) mass is 516 g/mol. The van der Waals surface area contributed by atoms with Crippen molar-refractivity contribution in [1.82, 2.24) is 30.2 Å². The first kappa shape index (κ1) is 26.8. The molecule has 2 atom stereocenters. The van der Waals surface area contributed by atoms with Gasteiger partial charge in [0.05, 0.1) is 36.1 Å². The largest absolute Gasteiger partial charge is 0.419 e. The van der Waals surface area contributed by atoms with Crippen LogP contribution in [0.4, 0.5) is 32.3 Å². The normalized spacial score (nSPS) is 20.1. The van der Waals surface area contributed by atoms with Crippen molar-refractivity contribution in [3.63, 3.8) is 0 Å². The Hall–Kier alpha value is -3.78. The molecule has 0 aromatic carbocycles. The van der Waals surface area contributed by atoms with Gasteiger partial charge in [0.15, 0.2) is 11.6 Å². The molecule has 1 saturated heterocycles. The fourth-order valence-electron chi connectivity index (χ4n) is 3.74. The number of hydrogen-bond donors (Lipinski definition) is 3. The van der Waals surface area contributed by atoms with Crippen molar-refractivity contribution < 1.29 is 31.1 Å². The number of nitrogens with zero attached hydrogens (tertiary/aromatic N) is 5. The molecule has 0 radical (unpaired) electrons. The molecule has 1 amide bonds. The van der Waals surface area contributed by atoms with Crippen LogP contribution in [-0.2, 0) is 11.0 Å². The molecule has 9 nitrogen and oxygen atoms in total. The van der Waals surface area contributed by atoms with E-state index in [4.69, 9.17) is 5.41 Å². The highest BCUT2D eigenvalue weighted by Gasteiger charge is 2.47. The fraction of sp³-hybridized carbons (Fsp3) is 0.429. The first-order chi connectivity index (χ1) is 16.8. The molecule has 2 unspecified atom stereocenters. The maximum absolute atomic E-state index is 14.4. The third-order valence-corrected chi connectivity index (χ3v) is 5.42. The summed E-state index contributed by atoms with van der Waals surface area (Å²) in [7, 11) is 1.47. The molecular formula is C21H22F6N8O. The maximum atomic E-state index is 14.4. The Kier molecular flexibility index (Phi) is 7.79. The molecule has 1 aliphatic rings. The third-order valence-electron chi connectivity index (χ3n) is 5.42. The van der Waals surface area contributed by atoms with Crippen LogP contribution >= 0.6 is 0 Å². The number of piperidine rings is 1. The number of hydrogen-bond acceptors (Lipinski definition) is 8. The van der Waals surface area contributed by atoms with E-state index in [9.17, 15) is 31.1 Å². The van der Waals surface area contributed by atoms with Gasteiger partial charge >= 0.3 is 6.18 Å². The molecule has 3 rings (SSSR count). The van der Waals surface area contributed by atoms with E-state index in [0.717, 1.165) is 17.3 Å². The topological polar surface area (TPSA) is 120 Å². The average Bonchev–Trinajstić information content (AvgIpc) is 2.80. The van der Waals surface area contributed by atoms with Gasteiger partial charge in [-0.15, -0.1) is 0 Å². The summed E-state index contributed by atoms with van der Waals surface area (Å²) in [6, 6.07) is -0.881. The van der Waals surface area contributed by atoms with Gasteiger partial charge in [-0.05, 0) is 5.92 Å². The van der Waals surface area contributed by atoms with Crippen molar-refractivity contribution in [2.75, 3.05) is 25.5 Å². The van der Waals surface area contributed by atoms with Gasteiger partial charge in [-0.1, -0.05) is 6.92 Å². The molecule has 3 heterocycles. The Morgan fingerprint density at radius 2 is 1.81 bits per heavy atom. The Morgan fingerprint density at radius 1 is 1.19 bits per heavy atom. The number of carbonyl (C=O) groups is 1. The second-order valence-electron chi connectivity index (χ2n) is 8.16. The van der Waals surface area contributed by atoms with Crippen LogP contribution in [0, 0.1) is 17.1 Å². The van der Waals surface area contributed by atoms with E-state index in [-0.39, 0.29) is 23.9 Å². The SMILES string of the molecule is CN/C=C(\C(=N)C(=O)N1CC(F)(F)CC(C)C1CNc1ncc(C(F)(F)F)cn1)c1ncc(F)cn1. The highest BCUT2D eigenvalue weighted by atomic mass is 19.4. The summed E-state index contributed by atoms with van der Waals surface area (Å²) in [6.45, 7) is 0.333. The molecule has 1 fully saturated rings. The summed E-state index contributed by atoms with van der Waals surface area (Å²) in [5.74, 6) is -6.17. The minimum Gasteiger partial charge on any atom is -0.393 e. The standard InChI is InChI=1S/C21H22F6N8O/c1-11-3-20(23,24)10-35(15(11)9-34-19-32-4-12(5-33-19)21(25,26)27)18(36)16(28)14(8-29-2)17-30-6-13(22)7-31-17/h4-8,11,15,28-29H,3,9-10H2,1-2H3,(H,32,33,34)/b14-8+,28-16?. The molecule has 36 heavy (non-hydrogen) atoms. The number of likely N-dealkylation sites (tertiary alicyclic amines) is 1. The van der Waals surface area contributed by atoms with Crippen LogP contribution < -0.4 is 10.6 Å². The summed E-state index contributed by atoms with van der Waals surface area (Å²) in [4.78, 5) is 28.7. The molecule has 0 aliphatic carbocycles. The second kappa shape index (κ2) is 10.5. The predicted octanol–water partition coefficient (Wildman–Crippen LogP) is 2.99. The van der Waals surface area contributed by atoms with E-state index in [1.54, 1.807) is 0 Å². The quantitative estimate of drug-likeness (QED) is 0.382. The summed E-state index contributed by atoms with van der Waals surface area (Å²) in [5, 5.41) is 13.7. The highest BCUT2D eigenvalue weighted by molar-refractivity contribution is 6.54. The zero-order valence-corrected chi connectivity index (χ0v) is 19.1. The second-order valence-corrected chi connectivity index (χ2v) is 8.16. The molecule has 3 N–H and O–H groups in total. The zero-order valence-electron chi connectivity index (χ0n) is 19.1. The number of aromatic nitrogens is 4. The molecule has 1 aliphatic heterocycles. The average molecular weight is 516 g/mol. The van der Waals surface area contributed by atoms with Crippen LogP contribution in [0.25, 0.3) is 5.57 Å². The Bertz CT molecular complexity index is 1120. The first-order valence-corrected chi connectivity index (χ1v) is 10.6. The molecule has 2 aromatic rings. The van der Waals surface area contributed by atoms with Gasteiger partial charge in [0, 0.05) is 38.6 Å². The van der Waals surface area contributed by atoms with Gasteiger partial charge in [-0.2, -0.15) is 13.2 Å². The predicted molar refractivity (Wildman–Crippen MR) is 117 cm³/mol. The summed E-state index contributed by atoms with van der Waals surface area (Å²) in [6.07, 6.45) is -1.16. The number of alkyl halides is 5. The van der Waals surface area contributed by atoms with Gasteiger partial charge in [0.2, 0.25) is 5.95 Å². The summed E-state index contributed by atoms with van der Waals surface area (Å²) >= 11 is 0. The van der Waals surface area contributed by atoms with E-state index in [1.807, 2.05) is 0 Å². The summed E-state index contributed by atoms with van der Waals surface area (Å²) in [5.41, 5.74) is -1.92. The lowest BCUT2D eigenvalue weighted by Crippen LogP contribution is -2.59. The van der Waals surface area contributed by atoms with E-state index in [1.165, 1.54) is 20.2 Å². The van der Waals surface area contributed by atoms with Crippen LogP contribution in [0.15, 0.2) is 31.0 Å². The van der Waals surface area contributed by atoms with Crippen molar-refractivity contribution in [3.8, 4) is 0 Å². The number of rotatable bonds is 7. The van der Waals surface area contributed by atoms with Crippen molar-refractivity contribution >= 4 is 23.1 Å². The van der Waals surface area contributed by atoms with Crippen molar-refractivity contribution in [2.45, 2.75) is 31.5 Å². The van der Waals surface area contributed by atoms with Crippen molar-refractivity contribution in [1.29, 1.82) is 5.41 Å². The molecule has 2 aromatic heterocycles. The number of nitrogens with one attached hydrogen (secondary N) is 3. The fourth-order valence-corrected chi connectivity index (χ4v) is 3.74. The smallest absolute Gasteiger partial charge is 0.393 e. The van der Waals surface area contributed by atoms with Gasteiger partial charge in [-0.25, -0.2) is 33.1 Å². The van der Waals surface area contributed by atoms with E-state index < -0.39 is 60.0 Å². The van der Waals surface area contributed by atoms with Crippen molar-refractivity contribution in [2.24, 2.45) is 5.92 Å². The number of amides is 1. The molecule has 0 saturated carbocycles. The third kappa shape index (κ3) is 6.26. The Labute approximate surface area is 201 Å². The molecule has 15 heteroatoms. The van der Waals surface area contributed by atoms with Gasteiger partial charge < -0.3 is 15.5 Å². The Morgan fingerprint density at radius 3 is 2.36 bits per heavy atom. The van der Waals surface area contributed by atoms with Gasteiger partial charge in [0.1, 0.15) is 5.71 Å². The first-order valence-electron chi connectivity index (χ1n) is 10.6. The lowest BCUT2D eigenvalue weighted by Gasteiger charge is -2.43. The van der Waals surface area contributed by atoms with E-state index in [0.29, 0.717) is 12.4 Å². The number of carbonyl (C=O) groups excluding carboxylic acids is 1. The molecule has 0 bridgehead atoms. The minimum absolute atomic E-state index is 0.151. The lowest BCUT2D eigenvalue weighted by molar-refractivity contribution is -0.145. The van der Waals surface area contributed by atoms with Gasteiger partial charge in [0.25, 0.3) is 11.8 Å². The minimum atomic E-state index is -4.63. The van der Waals surface area contributed by atoms with E-state index in [2.05, 4.69) is 30.6 Å². The molecule has 194 valence electrons. The summed E-state index contributed by atoms with van der Waals surface area (Å²) < 4.78 is 80.3.